The molecule has 1 amide bonds. The summed E-state index contributed by atoms with van der Waals surface area (Å²) in [5.74, 6) is 1.15. The maximum Gasteiger partial charge on any atom is 0.262 e. The summed E-state index contributed by atoms with van der Waals surface area (Å²) in [7, 11) is -3.84. The lowest BCUT2D eigenvalue weighted by molar-refractivity contribution is -0.115. The van der Waals surface area contributed by atoms with Crippen molar-refractivity contribution in [2.75, 3.05) is 23.3 Å². The minimum atomic E-state index is -3.84. The number of ether oxygens (including phenoxy) is 2. The number of fused-ring (bicyclic) bond motifs is 2. The number of sulfonamides is 1. The van der Waals surface area contributed by atoms with Crippen molar-refractivity contribution in [1.82, 2.24) is 19.6 Å². The molecule has 2 aromatic carbocycles. The molecule has 0 atom stereocenters. The van der Waals surface area contributed by atoms with Crippen LogP contribution in [-0.2, 0) is 21.2 Å². The molecule has 1 aliphatic rings. The van der Waals surface area contributed by atoms with E-state index in [0.29, 0.717) is 47.6 Å². The quantitative estimate of drug-likeness (QED) is 0.417. The molecule has 0 fully saturated rings. The molecule has 12 heteroatoms. The van der Waals surface area contributed by atoms with Crippen LogP contribution in [-0.4, -0.2) is 47.1 Å². The van der Waals surface area contributed by atoms with Crippen molar-refractivity contribution in [2.45, 2.75) is 25.2 Å². The summed E-state index contributed by atoms with van der Waals surface area (Å²) in [5, 5.41) is 6.96. The van der Waals surface area contributed by atoms with Gasteiger partial charge in [0.1, 0.15) is 19.5 Å². The van der Waals surface area contributed by atoms with Crippen molar-refractivity contribution in [3.05, 3.63) is 65.7 Å². The van der Waals surface area contributed by atoms with E-state index in [-0.39, 0.29) is 17.2 Å². The highest BCUT2D eigenvalue weighted by atomic mass is 32.2. The molecule has 5 rings (SSSR count). The minimum absolute atomic E-state index is 0.0582. The molecule has 0 saturated heterocycles. The first kappa shape index (κ1) is 22.6. The molecule has 0 spiro atoms. The van der Waals surface area contributed by atoms with Crippen LogP contribution in [0.1, 0.15) is 17.0 Å². The fourth-order valence-electron chi connectivity index (χ4n) is 3.80. The molecular formula is C23H22N6O5S. The van der Waals surface area contributed by atoms with Gasteiger partial charge in [0.15, 0.2) is 11.5 Å². The van der Waals surface area contributed by atoms with E-state index in [1.807, 2.05) is 13.8 Å². The number of nitrogens with zero attached hydrogens (tertiary/aromatic N) is 4. The molecule has 0 radical (unpaired) electrons. The van der Waals surface area contributed by atoms with Gasteiger partial charge in [0.05, 0.1) is 11.3 Å². The van der Waals surface area contributed by atoms with Gasteiger partial charge in [-0.3, -0.25) is 9.52 Å². The minimum Gasteiger partial charge on any atom is -0.486 e. The van der Waals surface area contributed by atoms with Gasteiger partial charge in [-0.25, -0.2) is 17.9 Å². The Labute approximate surface area is 201 Å². The Balaban J connectivity index is 1.26. The average molecular weight is 495 g/mol. The topological polar surface area (TPSA) is 137 Å². The standard InChI is InChI=1S/C23H22N6O5S/c1-14-19(15(2)29-23(26-14)24-13-25-29)12-22(30)27-16-3-5-17(6-4-16)28-35(31,32)18-7-8-20-21(11-18)34-10-9-33-20/h3-8,11,13,28H,9-10,12H2,1-2H3,(H,27,30). The Morgan fingerprint density at radius 1 is 1.03 bits per heavy atom. The Hall–Kier alpha value is -4.19. The molecule has 0 saturated carbocycles. The second-order valence-electron chi connectivity index (χ2n) is 7.95. The van der Waals surface area contributed by atoms with Crippen molar-refractivity contribution in [3.63, 3.8) is 0 Å². The fourth-order valence-corrected chi connectivity index (χ4v) is 4.88. The molecule has 0 unspecified atom stereocenters. The molecule has 1 aliphatic heterocycles. The number of hydrogen-bond acceptors (Lipinski definition) is 8. The van der Waals surface area contributed by atoms with E-state index in [4.69, 9.17) is 9.47 Å². The number of aryl methyl sites for hydroxylation is 2. The molecule has 2 N–H and O–H groups in total. The zero-order chi connectivity index (χ0) is 24.6. The van der Waals surface area contributed by atoms with Gasteiger partial charge in [0, 0.05) is 34.4 Å². The first-order valence-corrected chi connectivity index (χ1v) is 12.3. The second-order valence-corrected chi connectivity index (χ2v) is 9.63. The zero-order valence-electron chi connectivity index (χ0n) is 19.0. The number of carbonyl (C=O) groups excluding carboxylic acids is 1. The molecule has 180 valence electrons. The lowest BCUT2D eigenvalue weighted by atomic mass is 10.1. The summed E-state index contributed by atoms with van der Waals surface area (Å²) in [4.78, 5) is 21.2. The van der Waals surface area contributed by atoms with Gasteiger partial charge >= 0.3 is 0 Å². The van der Waals surface area contributed by atoms with E-state index in [2.05, 4.69) is 25.1 Å². The Morgan fingerprint density at radius 3 is 2.51 bits per heavy atom. The van der Waals surface area contributed by atoms with Gasteiger partial charge in [-0.15, -0.1) is 0 Å². The molecule has 3 heterocycles. The summed E-state index contributed by atoms with van der Waals surface area (Å²) in [5.41, 5.74) is 3.16. The third-order valence-electron chi connectivity index (χ3n) is 5.57. The lowest BCUT2D eigenvalue weighted by Crippen LogP contribution is -2.18. The Morgan fingerprint density at radius 2 is 1.74 bits per heavy atom. The molecule has 0 aliphatic carbocycles. The first-order valence-electron chi connectivity index (χ1n) is 10.8. The van der Waals surface area contributed by atoms with Crippen molar-refractivity contribution in [3.8, 4) is 11.5 Å². The molecule has 0 bridgehead atoms. The first-order chi connectivity index (χ1) is 16.8. The summed E-state index contributed by atoms with van der Waals surface area (Å²) in [6.45, 7) is 4.48. The van der Waals surface area contributed by atoms with Crippen molar-refractivity contribution in [1.29, 1.82) is 0 Å². The number of carbonyl (C=O) groups is 1. The number of hydrogen-bond donors (Lipinski definition) is 2. The Bertz CT molecular complexity index is 1530. The summed E-state index contributed by atoms with van der Waals surface area (Å²) in [6, 6.07) is 10.9. The third-order valence-corrected chi connectivity index (χ3v) is 6.95. The van der Waals surface area contributed by atoms with Gasteiger partial charge < -0.3 is 14.8 Å². The SMILES string of the molecule is Cc1nc2ncnn2c(C)c1CC(=O)Nc1ccc(NS(=O)(=O)c2ccc3c(c2)OCCO3)cc1. The normalized spacial score (nSPS) is 13.0. The van der Waals surface area contributed by atoms with E-state index < -0.39 is 10.0 Å². The fraction of sp³-hybridized carbons (Fsp3) is 0.217. The lowest BCUT2D eigenvalue weighted by Gasteiger charge is -2.19. The van der Waals surface area contributed by atoms with Crippen molar-refractivity contribution < 1.29 is 22.7 Å². The number of aromatic nitrogens is 4. The highest BCUT2D eigenvalue weighted by Crippen LogP contribution is 2.32. The van der Waals surface area contributed by atoms with E-state index in [9.17, 15) is 13.2 Å². The zero-order valence-corrected chi connectivity index (χ0v) is 19.8. The maximum atomic E-state index is 12.8. The van der Waals surface area contributed by atoms with E-state index in [1.54, 1.807) is 34.8 Å². The maximum absolute atomic E-state index is 12.8. The average Bonchev–Trinajstić information content (AvgIpc) is 3.31. The predicted octanol–water partition coefficient (Wildman–Crippen LogP) is 2.49. The van der Waals surface area contributed by atoms with Gasteiger partial charge in [-0.1, -0.05) is 0 Å². The van der Waals surface area contributed by atoms with Crippen LogP contribution in [0.4, 0.5) is 11.4 Å². The van der Waals surface area contributed by atoms with Crippen LogP contribution in [0.3, 0.4) is 0 Å². The van der Waals surface area contributed by atoms with Crippen LogP contribution in [0.15, 0.2) is 53.7 Å². The van der Waals surface area contributed by atoms with E-state index in [1.165, 1.54) is 18.5 Å². The van der Waals surface area contributed by atoms with Crippen LogP contribution in [0.25, 0.3) is 5.78 Å². The van der Waals surface area contributed by atoms with Crippen LogP contribution in [0, 0.1) is 13.8 Å². The molecule has 11 nitrogen and oxygen atoms in total. The second kappa shape index (κ2) is 8.87. The number of nitrogens with one attached hydrogen (secondary N) is 2. The number of amides is 1. The van der Waals surface area contributed by atoms with Crippen LogP contribution >= 0.6 is 0 Å². The van der Waals surface area contributed by atoms with Gasteiger partial charge in [0.2, 0.25) is 5.91 Å². The molecule has 4 aromatic rings. The number of rotatable bonds is 6. The summed E-state index contributed by atoms with van der Waals surface area (Å²) in [6.07, 6.45) is 1.53. The van der Waals surface area contributed by atoms with Gasteiger partial charge in [0.25, 0.3) is 15.8 Å². The smallest absolute Gasteiger partial charge is 0.262 e. The predicted molar refractivity (Wildman–Crippen MR) is 127 cm³/mol. The van der Waals surface area contributed by atoms with Crippen molar-refractivity contribution in [2.24, 2.45) is 0 Å². The van der Waals surface area contributed by atoms with E-state index >= 15 is 0 Å². The highest BCUT2D eigenvalue weighted by Gasteiger charge is 2.20. The van der Waals surface area contributed by atoms with Crippen molar-refractivity contribution >= 4 is 33.1 Å². The van der Waals surface area contributed by atoms with E-state index in [0.717, 1.165) is 11.3 Å². The van der Waals surface area contributed by atoms with Gasteiger partial charge in [-0.05, 0) is 50.2 Å². The van der Waals surface area contributed by atoms with Gasteiger partial charge in [-0.2, -0.15) is 10.1 Å². The molecule has 2 aromatic heterocycles. The Kier molecular flexibility index (Phi) is 5.73. The summed E-state index contributed by atoms with van der Waals surface area (Å²) < 4.78 is 40.6. The third kappa shape index (κ3) is 4.60. The summed E-state index contributed by atoms with van der Waals surface area (Å²) >= 11 is 0. The number of anilines is 2. The highest BCUT2D eigenvalue weighted by molar-refractivity contribution is 7.92. The molecular weight excluding hydrogens is 472 g/mol. The van der Waals surface area contributed by atoms with Crippen LogP contribution < -0.4 is 19.5 Å². The molecule has 35 heavy (non-hydrogen) atoms. The largest absolute Gasteiger partial charge is 0.486 e. The van der Waals surface area contributed by atoms with Crippen LogP contribution in [0.2, 0.25) is 0 Å². The van der Waals surface area contributed by atoms with Crippen LogP contribution in [0.5, 0.6) is 11.5 Å². The number of benzene rings is 2. The monoisotopic (exact) mass is 494 g/mol.